The van der Waals surface area contributed by atoms with Crippen LogP contribution in [0.1, 0.15) is 43.2 Å². The largest absolute Gasteiger partial charge is 0.228 e. The Hall–Kier alpha value is -4.86. The van der Waals surface area contributed by atoms with Gasteiger partial charge in [-0.05, 0) is 135 Å². The lowest BCUT2D eigenvalue weighted by Gasteiger charge is -2.61. The van der Waals surface area contributed by atoms with Crippen LogP contribution in [0.25, 0.3) is 66.6 Å². The van der Waals surface area contributed by atoms with E-state index in [9.17, 15) is 0 Å². The highest BCUT2D eigenvalue weighted by molar-refractivity contribution is 7.03. The summed E-state index contributed by atoms with van der Waals surface area (Å²) >= 11 is 0. The van der Waals surface area contributed by atoms with E-state index in [1.54, 1.807) is 27.1 Å². The summed E-state index contributed by atoms with van der Waals surface area (Å²) < 4.78 is 0. The van der Waals surface area contributed by atoms with Gasteiger partial charge in [0, 0.05) is 21.9 Å². The molecular formula is C48H40N2Si. The van der Waals surface area contributed by atoms with E-state index in [1.807, 2.05) is 0 Å². The second-order valence-corrected chi connectivity index (χ2v) is 21.3. The normalized spacial score (nSPS) is 25.7. The van der Waals surface area contributed by atoms with E-state index in [4.69, 9.17) is 9.97 Å². The van der Waals surface area contributed by atoms with Gasteiger partial charge in [0.05, 0.1) is 11.2 Å². The minimum Gasteiger partial charge on any atom is -0.228 e. The van der Waals surface area contributed by atoms with Crippen LogP contribution in [0.3, 0.4) is 0 Å². The van der Waals surface area contributed by atoms with Gasteiger partial charge in [-0.15, -0.1) is 0 Å². The zero-order valence-electron chi connectivity index (χ0n) is 29.3. The minimum absolute atomic E-state index is 0.177. The van der Waals surface area contributed by atoms with E-state index >= 15 is 0 Å². The van der Waals surface area contributed by atoms with E-state index in [0.717, 1.165) is 57.2 Å². The first-order chi connectivity index (χ1) is 25.0. The van der Waals surface area contributed by atoms with Crippen molar-refractivity contribution >= 4 is 40.1 Å². The first-order valence-corrected chi connectivity index (χ1v) is 22.2. The molecule has 4 bridgehead atoms. The highest BCUT2D eigenvalue weighted by atomic mass is 28.3. The molecule has 0 N–H and O–H groups in total. The van der Waals surface area contributed by atoms with Crippen LogP contribution >= 0.6 is 0 Å². The second kappa shape index (κ2) is 9.92. The fourth-order valence-corrected chi connectivity index (χ4v) is 15.4. The van der Waals surface area contributed by atoms with E-state index in [-0.39, 0.29) is 5.41 Å². The van der Waals surface area contributed by atoms with E-state index in [0.29, 0.717) is 0 Å². The molecule has 246 valence electrons. The molecule has 0 atom stereocenters. The summed E-state index contributed by atoms with van der Waals surface area (Å²) in [5.41, 5.74) is 13.7. The van der Waals surface area contributed by atoms with Crippen LogP contribution in [-0.2, 0) is 5.41 Å². The molecule has 3 heteroatoms. The maximum atomic E-state index is 5.37. The third kappa shape index (κ3) is 3.73. The van der Waals surface area contributed by atoms with Gasteiger partial charge in [0.2, 0.25) is 0 Å². The van der Waals surface area contributed by atoms with Crippen LogP contribution in [0.4, 0.5) is 0 Å². The molecule has 0 saturated heterocycles. The van der Waals surface area contributed by atoms with Gasteiger partial charge in [-0.3, -0.25) is 0 Å². The Bertz CT molecular complexity index is 2620. The molecule has 1 spiro atoms. The smallest absolute Gasteiger partial charge is 0.160 e. The fourth-order valence-electron chi connectivity index (χ4n) is 12.3. The molecule has 0 amide bonds. The van der Waals surface area contributed by atoms with Crippen molar-refractivity contribution in [1.29, 1.82) is 0 Å². The summed E-state index contributed by atoms with van der Waals surface area (Å²) in [6.45, 7) is 5.13. The van der Waals surface area contributed by atoms with Crippen LogP contribution in [0, 0.1) is 23.7 Å². The molecule has 2 heterocycles. The molecule has 0 radical (unpaired) electrons. The summed E-state index contributed by atoms with van der Waals surface area (Å²) in [7, 11) is -1.94. The number of hydrogen-bond donors (Lipinski definition) is 0. The van der Waals surface area contributed by atoms with Crippen molar-refractivity contribution in [3.05, 3.63) is 132 Å². The third-order valence-corrected chi connectivity index (χ3v) is 17.8. The van der Waals surface area contributed by atoms with Crippen molar-refractivity contribution in [2.45, 2.75) is 50.6 Å². The molecule has 51 heavy (non-hydrogen) atoms. The van der Waals surface area contributed by atoms with Crippen molar-refractivity contribution < 1.29 is 0 Å². The average Bonchev–Trinajstić information content (AvgIpc) is 3.57. The molecule has 7 aromatic rings. The first kappa shape index (κ1) is 28.8. The minimum atomic E-state index is -1.94. The monoisotopic (exact) mass is 672 g/mol. The molecule has 1 aliphatic heterocycles. The van der Waals surface area contributed by atoms with E-state index < -0.39 is 8.07 Å². The van der Waals surface area contributed by atoms with Gasteiger partial charge >= 0.3 is 0 Å². The number of benzene rings is 6. The molecule has 5 aliphatic carbocycles. The van der Waals surface area contributed by atoms with Gasteiger partial charge in [0.25, 0.3) is 0 Å². The Balaban J connectivity index is 1.05. The summed E-state index contributed by atoms with van der Waals surface area (Å²) in [6.07, 6.45) is 7.14. The first-order valence-electron chi connectivity index (χ1n) is 19.2. The summed E-state index contributed by atoms with van der Waals surface area (Å²) in [4.78, 5) is 10.6. The molecule has 6 aliphatic rings. The van der Waals surface area contributed by atoms with Crippen molar-refractivity contribution in [2.24, 2.45) is 23.7 Å². The standard InChI is InChI=1S/C48H40N2Si/c1-51(2)44-18-17-33(47-49-43-14-8-6-12-37(43)46(50-47)32-16-15-30-9-3-4-10-31(30)24-32)25-39(44)40-26-42-38(27-45(40)51)36-11-5-7-13-41(36)48(42)34-20-28-19-29(22-34)23-35(48)21-28/h3-18,24-29,34-35H,19-23H2,1-2H3. The SMILES string of the molecule is C[Si]1(C)c2ccc(-c3nc(-c4ccc5ccccc5c4)c4ccccc4n3)cc2-c2cc3c(cc21)-c1ccccc1C31C2CC3CC(C2)CC1C3. The van der Waals surface area contributed by atoms with Crippen LogP contribution in [0.5, 0.6) is 0 Å². The number of nitrogens with zero attached hydrogens (tertiary/aromatic N) is 2. The van der Waals surface area contributed by atoms with Crippen LogP contribution in [0.2, 0.25) is 13.1 Å². The fraction of sp³-hybridized carbons (Fsp3) is 0.250. The topological polar surface area (TPSA) is 25.8 Å². The molecular weight excluding hydrogens is 633 g/mol. The van der Waals surface area contributed by atoms with Crippen LogP contribution < -0.4 is 10.4 Å². The van der Waals surface area contributed by atoms with Gasteiger partial charge in [-0.1, -0.05) is 110 Å². The van der Waals surface area contributed by atoms with Gasteiger partial charge < -0.3 is 0 Å². The van der Waals surface area contributed by atoms with Crippen molar-refractivity contribution in [3.63, 3.8) is 0 Å². The highest BCUT2D eigenvalue weighted by Gasteiger charge is 2.62. The van der Waals surface area contributed by atoms with Gasteiger partial charge in [-0.25, -0.2) is 9.97 Å². The lowest BCUT2D eigenvalue weighted by atomic mass is 9.43. The van der Waals surface area contributed by atoms with Crippen molar-refractivity contribution in [1.82, 2.24) is 9.97 Å². The Morgan fingerprint density at radius 2 is 1.24 bits per heavy atom. The predicted octanol–water partition coefficient (Wildman–Crippen LogP) is 10.6. The predicted molar refractivity (Wildman–Crippen MR) is 213 cm³/mol. The van der Waals surface area contributed by atoms with E-state index in [2.05, 4.69) is 134 Å². The van der Waals surface area contributed by atoms with Crippen LogP contribution in [0.15, 0.2) is 121 Å². The zero-order valence-corrected chi connectivity index (χ0v) is 30.3. The Labute approximate surface area is 300 Å². The number of rotatable bonds is 2. The number of para-hydroxylation sites is 1. The molecule has 1 aromatic heterocycles. The Morgan fingerprint density at radius 3 is 2.08 bits per heavy atom. The van der Waals surface area contributed by atoms with Gasteiger partial charge in [0.15, 0.2) is 5.82 Å². The molecule has 0 unspecified atom stereocenters. The molecule has 4 fully saturated rings. The summed E-state index contributed by atoms with van der Waals surface area (Å²) in [5.74, 6) is 4.23. The highest BCUT2D eigenvalue weighted by Crippen LogP contribution is 2.69. The Kier molecular flexibility index (Phi) is 5.60. The number of hydrogen-bond acceptors (Lipinski definition) is 2. The zero-order chi connectivity index (χ0) is 33.6. The second-order valence-electron chi connectivity index (χ2n) is 17.0. The average molecular weight is 673 g/mol. The van der Waals surface area contributed by atoms with E-state index in [1.165, 1.54) is 59.6 Å². The number of aromatic nitrogens is 2. The van der Waals surface area contributed by atoms with Crippen molar-refractivity contribution in [3.8, 4) is 44.9 Å². The molecule has 2 nitrogen and oxygen atoms in total. The molecule has 4 saturated carbocycles. The lowest BCUT2D eigenvalue weighted by Crippen LogP contribution is -2.55. The molecule has 13 rings (SSSR count). The van der Waals surface area contributed by atoms with Gasteiger partial charge in [-0.2, -0.15) is 0 Å². The van der Waals surface area contributed by atoms with Gasteiger partial charge in [0.1, 0.15) is 8.07 Å². The maximum Gasteiger partial charge on any atom is 0.160 e. The van der Waals surface area contributed by atoms with Crippen molar-refractivity contribution in [2.75, 3.05) is 0 Å². The Morgan fingerprint density at radius 1 is 0.529 bits per heavy atom. The lowest BCUT2D eigenvalue weighted by molar-refractivity contribution is -0.0399. The van der Waals surface area contributed by atoms with Crippen LogP contribution in [-0.4, -0.2) is 18.0 Å². The third-order valence-electron chi connectivity index (χ3n) is 14.2. The molecule has 6 aromatic carbocycles. The quantitative estimate of drug-likeness (QED) is 0.171. The summed E-state index contributed by atoms with van der Waals surface area (Å²) in [5, 5.41) is 6.71. The maximum absolute atomic E-state index is 5.37. The summed E-state index contributed by atoms with van der Waals surface area (Å²) in [6, 6.07) is 45.9. The number of fused-ring (bicyclic) bond motifs is 8.